The van der Waals surface area contributed by atoms with E-state index in [1.807, 2.05) is 14.0 Å². The number of carbonyl (C=O) groups excluding carboxylic acids is 1. The Morgan fingerprint density at radius 1 is 1.40 bits per heavy atom. The molecule has 0 aliphatic heterocycles. The molecular weight excluding hydrogens is 280 g/mol. The van der Waals surface area contributed by atoms with E-state index in [-0.39, 0.29) is 18.0 Å². The first-order chi connectivity index (χ1) is 9.52. The van der Waals surface area contributed by atoms with Crippen molar-refractivity contribution < 1.29 is 14.3 Å². The van der Waals surface area contributed by atoms with E-state index in [0.717, 1.165) is 37.1 Å². The lowest BCUT2D eigenvalue weighted by Crippen LogP contribution is -2.27. The van der Waals surface area contributed by atoms with Gasteiger partial charge in [0.15, 0.2) is 0 Å². The van der Waals surface area contributed by atoms with Crippen LogP contribution in [0.4, 0.5) is 0 Å². The van der Waals surface area contributed by atoms with E-state index in [1.165, 1.54) is 7.11 Å². The second-order valence-electron chi connectivity index (χ2n) is 5.28. The molecule has 6 heteroatoms. The van der Waals surface area contributed by atoms with E-state index >= 15 is 0 Å². The summed E-state index contributed by atoms with van der Waals surface area (Å²) in [6.45, 7) is 2.34. The number of hydrogen-bond donors (Lipinski definition) is 0. The molecule has 1 saturated carbocycles. The van der Waals surface area contributed by atoms with Crippen LogP contribution in [-0.2, 0) is 27.9 Å². The van der Waals surface area contributed by atoms with Crippen molar-refractivity contribution in [3.63, 3.8) is 0 Å². The summed E-state index contributed by atoms with van der Waals surface area (Å²) in [6.07, 6.45) is 3.61. The van der Waals surface area contributed by atoms with Crippen LogP contribution in [0, 0.1) is 12.8 Å². The Bertz CT molecular complexity index is 479. The minimum absolute atomic E-state index is 0.0300. The Hall–Kier alpha value is -1.07. The zero-order valence-electron chi connectivity index (χ0n) is 12.2. The number of rotatable bonds is 4. The molecule has 112 valence electrons. The molecule has 0 amide bonds. The predicted molar refractivity (Wildman–Crippen MR) is 75.5 cm³/mol. The molecule has 0 saturated heterocycles. The topological polar surface area (TPSA) is 53.4 Å². The molecular formula is C14H21ClN2O3. The number of methoxy groups -OCH3 is 1. The van der Waals surface area contributed by atoms with Crippen molar-refractivity contribution in [1.29, 1.82) is 0 Å². The fourth-order valence-electron chi connectivity index (χ4n) is 2.67. The standard InChI is InChI=1S/C14H21ClN2O3/c1-9-13(15)12(17(2)16-9)8-20-11-6-4-10(5-7-11)14(18)19-3/h10-11H,4-8H2,1-3H3. The maximum Gasteiger partial charge on any atom is 0.308 e. The zero-order valence-corrected chi connectivity index (χ0v) is 12.9. The van der Waals surface area contributed by atoms with Gasteiger partial charge < -0.3 is 9.47 Å². The van der Waals surface area contributed by atoms with Crippen LogP contribution in [0.5, 0.6) is 0 Å². The average molecular weight is 301 g/mol. The van der Waals surface area contributed by atoms with Crippen molar-refractivity contribution >= 4 is 17.6 Å². The Kier molecular flexibility index (Phi) is 5.05. The summed E-state index contributed by atoms with van der Waals surface area (Å²) in [5.41, 5.74) is 1.72. The molecule has 2 rings (SSSR count). The number of aryl methyl sites for hydroxylation is 2. The molecule has 0 radical (unpaired) electrons. The third-order valence-electron chi connectivity index (χ3n) is 3.93. The van der Waals surface area contributed by atoms with Gasteiger partial charge in [0.25, 0.3) is 0 Å². The molecule has 0 unspecified atom stereocenters. The van der Waals surface area contributed by atoms with Gasteiger partial charge in [-0.05, 0) is 32.6 Å². The molecule has 1 aromatic rings. The third kappa shape index (κ3) is 3.33. The average Bonchev–Trinajstić information content (AvgIpc) is 2.70. The molecule has 0 bridgehead atoms. The summed E-state index contributed by atoms with van der Waals surface area (Å²) in [4.78, 5) is 11.5. The summed E-state index contributed by atoms with van der Waals surface area (Å²) >= 11 is 6.19. The molecule has 20 heavy (non-hydrogen) atoms. The van der Waals surface area contributed by atoms with Crippen LogP contribution < -0.4 is 0 Å². The van der Waals surface area contributed by atoms with Crippen LogP contribution in [-0.4, -0.2) is 29.0 Å². The second-order valence-corrected chi connectivity index (χ2v) is 5.66. The first-order valence-electron chi connectivity index (χ1n) is 6.90. The highest BCUT2D eigenvalue weighted by Gasteiger charge is 2.27. The van der Waals surface area contributed by atoms with Crippen LogP contribution in [0.2, 0.25) is 5.02 Å². The van der Waals surface area contributed by atoms with Crippen molar-refractivity contribution in [2.45, 2.75) is 45.3 Å². The maximum absolute atomic E-state index is 11.5. The Balaban J connectivity index is 1.83. The highest BCUT2D eigenvalue weighted by atomic mass is 35.5. The van der Waals surface area contributed by atoms with Gasteiger partial charge in [0.2, 0.25) is 0 Å². The van der Waals surface area contributed by atoms with Crippen LogP contribution in [0.3, 0.4) is 0 Å². The summed E-state index contributed by atoms with van der Waals surface area (Å²) < 4.78 is 12.4. The number of nitrogens with zero attached hydrogens (tertiary/aromatic N) is 2. The first-order valence-corrected chi connectivity index (χ1v) is 7.28. The van der Waals surface area contributed by atoms with Gasteiger partial charge in [-0.25, -0.2) is 0 Å². The summed E-state index contributed by atoms with van der Waals surface area (Å²) in [7, 11) is 3.31. The molecule has 1 fully saturated rings. The lowest BCUT2D eigenvalue weighted by Gasteiger charge is -2.27. The van der Waals surface area contributed by atoms with Crippen LogP contribution in [0.25, 0.3) is 0 Å². The maximum atomic E-state index is 11.5. The van der Waals surface area contributed by atoms with E-state index in [1.54, 1.807) is 4.68 Å². The lowest BCUT2D eigenvalue weighted by molar-refractivity contribution is -0.147. The normalized spacial score (nSPS) is 22.8. The fraction of sp³-hybridized carbons (Fsp3) is 0.714. The molecule has 0 aromatic carbocycles. The molecule has 1 aliphatic rings. The molecule has 0 N–H and O–H groups in total. The minimum Gasteiger partial charge on any atom is -0.469 e. The highest BCUT2D eigenvalue weighted by Crippen LogP contribution is 2.28. The minimum atomic E-state index is -0.103. The van der Waals surface area contributed by atoms with E-state index in [9.17, 15) is 4.79 Å². The number of aromatic nitrogens is 2. The van der Waals surface area contributed by atoms with Crippen molar-refractivity contribution in [3.05, 3.63) is 16.4 Å². The van der Waals surface area contributed by atoms with E-state index in [2.05, 4.69) is 5.10 Å². The van der Waals surface area contributed by atoms with Gasteiger partial charge >= 0.3 is 5.97 Å². The first kappa shape index (κ1) is 15.3. The number of esters is 1. The number of carbonyl (C=O) groups is 1. The van der Waals surface area contributed by atoms with Gasteiger partial charge in [0, 0.05) is 7.05 Å². The Labute approximate surface area is 124 Å². The Morgan fingerprint density at radius 2 is 2.05 bits per heavy atom. The molecule has 0 spiro atoms. The third-order valence-corrected chi connectivity index (χ3v) is 4.42. The SMILES string of the molecule is COC(=O)C1CCC(OCc2c(Cl)c(C)nn2C)CC1. The van der Waals surface area contributed by atoms with E-state index in [4.69, 9.17) is 21.1 Å². The molecule has 5 nitrogen and oxygen atoms in total. The smallest absolute Gasteiger partial charge is 0.308 e. The predicted octanol–water partition coefficient (Wildman–Crippen LogP) is 2.63. The van der Waals surface area contributed by atoms with Crippen molar-refractivity contribution in [2.75, 3.05) is 7.11 Å². The van der Waals surface area contributed by atoms with Crippen LogP contribution in [0.15, 0.2) is 0 Å². The Morgan fingerprint density at radius 3 is 2.55 bits per heavy atom. The van der Waals surface area contributed by atoms with Gasteiger partial charge in [-0.3, -0.25) is 9.48 Å². The monoisotopic (exact) mass is 300 g/mol. The second kappa shape index (κ2) is 6.59. The summed E-state index contributed by atoms with van der Waals surface area (Å²) in [5, 5.41) is 4.94. The van der Waals surface area contributed by atoms with Gasteiger partial charge in [-0.1, -0.05) is 11.6 Å². The number of halogens is 1. The van der Waals surface area contributed by atoms with Gasteiger partial charge in [-0.15, -0.1) is 0 Å². The van der Waals surface area contributed by atoms with E-state index < -0.39 is 0 Å². The molecule has 0 atom stereocenters. The highest BCUT2D eigenvalue weighted by molar-refractivity contribution is 6.31. The number of hydrogen-bond acceptors (Lipinski definition) is 4. The fourth-order valence-corrected chi connectivity index (χ4v) is 2.88. The van der Waals surface area contributed by atoms with Crippen LogP contribution in [0.1, 0.15) is 37.1 Å². The van der Waals surface area contributed by atoms with Crippen molar-refractivity contribution in [2.24, 2.45) is 13.0 Å². The summed E-state index contributed by atoms with van der Waals surface area (Å²) in [6, 6.07) is 0. The van der Waals surface area contributed by atoms with Gasteiger partial charge in [-0.2, -0.15) is 5.10 Å². The summed E-state index contributed by atoms with van der Waals surface area (Å²) in [5.74, 6) is -0.0730. The largest absolute Gasteiger partial charge is 0.469 e. The molecule has 1 aliphatic carbocycles. The quantitative estimate of drug-likeness (QED) is 0.802. The van der Waals surface area contributed by atoms with Gasteiger partial charge in [0.05, 0.1) is 42.1 Å². The lowest BCUT2D eigenvalue weighted by atomic mass is 9.87. The molecule has 1 aromatic heterocycles. The van der Waals surface area contributed by atoms with E-state index in [0.29, 0.717) is 11.6 Å². The number of ether oxygens (including phenoxy) is 2. The molecule has 1 heterocycles. The van der Waals surface area contributed by atoms with Crippen molar-refractivity contribution in [1.82, 2.24) is 9.78 Å². The van der Waals surface area contributed by atoms with Gasteiger partial charge in [0.1, 0.15) is 0 Å². The zero-order chi connectivity index (χ0) is 14.7. The van der Waals surface area contributed by atoms with Crippen LogP contribution >= 0.6 is 11.6 Å². The van der Waals surface area contributed by atoms with Crippen molar-refractivity contribution in [3.8, 4) is 0 Å².